The van der Waals surface area contributed by atoms with E-state index in [0.717, 1.165) is 36.6 Å². The van der Waals surface area contributed by atoms with Gasteiger partial charge in [0.15, 0.2) is 0 Å². The van der Waals surface area contributed by atoms with Crippen molar-refractivity contribution in [2.45, 2.75) is 19.4 Å². The van der Waals surface area contributed by atoms with Crippen LogP contribution in [0.15, 0.2) is 60.8 Å². The molecule has 1 fully saturated rings. The summed E-state index contributed by atoms with van der Waals surface area (Å²) in [7, 11) is 0. The maximum absolute atomic E-state index is 13.5. The summed E-state index contributed by atoms with van der Waals surface area (Å²) in [6.07, 6.45) is 3.95. The number of pyridine rings is 1. The Kier molecular flexibility index (Phi) is 7.36. The lowest BCUT2D eigenvalue weighted by Gasteiger charge is -2.16. The minimum Gasteiger partial charge on any atom is -0.492 e. The highest BCUT2D eigenvalue weighted by Gasteiger charge is 2.12. The van der Waals surface area contributed by atoms with Crippen molar-refractivity contribution in [2.75, 3.05) is 36.9 Å². The molecule has 7 nitrogen and oxygen atoms in total. The largest absolute Gasteiger partial charge is 0.492 e. The van der Waals surface area contributed by atoms with Crippen molar-refractivity contribution >= 4 is 23.1 Å². The molecule has 1 aliphatic heterocycles. The number of nitrogens with zero attached hydrogens (tertiary/aromatic N) is 2. The Bertz CT molecular complexity index is 1100. The summed E-state index contributed by atoms with van der Waals surface area (Å²) < 4.78 is 19.4. The van der Waals surface area contributed by atoms with E-state index in [4.69, 9.17) is 10.5 Å². The van der Waals surface area contributed by atoms with Crippen LogP contribution in [-0.2, 0) is 6.54 Å². The molecule has 0 saturated carbocycles. The van der Waals surface area contributed by atoms with Crippen LogP contribution in [0.5, 0.6) is 5.75 Å². The number of halogens is 1. The zero-order valence-electron chi connectivity index (χ0n) is 18.4. The number of primary amides is 1. The number of amides is 1. The van der Waals surface area contributed by atoms with E-state index in [1.54, 1.807) is 18.2 Å². The molecule has 0 atom stereocenters. The van der Waals surface area contributed by atoms with Gasteiger partial charge in [0.1, 0.15) is 24.0 Å². The first-order valence-corrected chi connectivity index (χ1v) is 11.1. The summed E-state index contributed by atoms with van der Waals surface area (Å²) >= 11 is 0. The number of anilines is 3. The lowest BCUT2D eigenvalue weighted by atomic mass is 10.2. The summed E-state index contributed by atoms with van der Waals surface area (Å²) in [5.41, 5.74) is 7.83. The number of hydrogen-bond acceptors (Lipinski definition) is 6. The first kappa shape index (κ1) is 22.5. The van der Waals surface area contributed by atoms with Gasteiger partial charge in [-0.3, -0.25) is 9.69 Å². The van der Waals surface area contributed by atoms with Crippen LogP contribution >= 0.6 is 0 Å². The molecule has 3 aromatic rings. The van der Waals surface area contributed by atoms with Gasteiger partial charge in [0, 0.05) is 37.1 Å². The number of benzene rings is 2. The van der Waals surface area contributed by atoms with Crippen molar-refractivity contribution in [1.29, 1.82) is 0 Å². The van der Waals surface area contributed by atoms with Crippen LogP contribution < -0.4 is 21.1 Å². The lowest BCUT2D eigenvalue weighted by molar-refractivity contribution is 0.100. The van der Waals surface area contributed by atoms with Gasteiger partial charge < -0.3 is 21.1 Å². The Labute approximate surface area is 192 Å². The van der Waals surface area contributed by atoms with E-state index in [2.05, 4.69) is 20.5 Å². The van der Waals surface area contributed by atoms with E-state index in [1.807, 2.05) is 24.3 Å². The summed E-state index contributed by atoms with van der Waals surface area (Å²) in [5.74, 6) is 0.404. The highest BCUT2D eigenvalue weighted by Crippen LogP contribution is 2.24. The number of nitrogens with one attached hydrogen (secondary N) is 2. The number of hydrogen-bond donors (Lipinski definition) is 3. The Morgan fingerprint density at radius 2 is 1.94 bits per heavy atom. The third kappa shape index (κ3) is 6.43. The zero-order valence-corrected chi connectivity index (χ0v) is 18.4. The van der Waals surface area contributed by atoms with E-state index >= 15 is 0 Å². The van der Waals surface area contributed by atoms with Gasteiger partial charge in [-0.15, -0.1) is 0 Å². The van der Waals surface area contributed by atoms with E-state index in [-0.39, 0.29) is 11.4 Å². The van der Waals surface area contributed by atoms with E-state index in [1.165, 1.54) is 31.2 Å². The Balaban J connectivity index is 1.41. The molecule has 0 bridgehead atoms. The van der Waals surface area contributed by atoms with Gasteiger partial charge in [0.2, 0.25) is 0 Å². The lowest BCUT2D eigenvalue weighted by Crippen LogP contribution is -2.25. The fourth-order valence-corrected chi connectivity index (χ4v) is 3.82. The molecule has 1 saturated heterocycles. The smallest absolute Gasteiger partial charge is 0.252 e. The normalized spacial score (nSPS) is 13.6. The average Bonchev–Trinajstić information content (AvgIpc) is 3.32. The second-order valence-corrected chi connectivity index (χ2v) is 8.01. The first-order valence-electron chi connectivity index (χ1n) is 11.1. The summed E-state index contributed by atoms with van der Waals surface area (Å²) in [6.45, 7) is 4.19. The second-order valence-electron chi connectivity index (χ2n) is 8.01. The van der Waals surface area contributed by atoms with E-state index in [9.17, 15) is 9.18 Å². The van der Waals surface area contributed by atoms with Crippen molar-refractivity contribution < 1.29 is 13.9 Å². The van der Waals surface area contributed by atoms with Gasteiger partial charge in [-0.1, -0.05) is 18.2 Å². The minimum atomic E-state index is -0.593. The van der Waals surface area contributed by atoms with Gasteiger partial charge in [0.05, 0.1) is 11.3 Å². The van der Waals surface area contributed by atoms with Crippen LogP contribution in [0.2, 0.25) is 0 Å². The van der Waals surface area contributed by atoms with Crippen LogP contribution in [0.4, 0.5) is 21.6 Å². The molecule has 33 heavy (non-hydrogen) atoms. The molecule has 0 radical (unpaired) electrons. The second kappa shape index (κ2) is 10.8. The predicted molar refractivity (Wildman–Crippen MR) is 127 cm³/mol. The number of ether oxygens (including phenoxy) is 1. The Hall–Kier alpha value is -3.65. The summed E-state index contributed by atoms with van der Waals surface area (Å²) in [6, 6.07) is 15.6. The van der Waals surface area contributed by atoms with E-state index < -0.39 is 5.91 Å². The third-order valence-corrected chi connectivity index (χ3v) is 5.52. The number of carbonyl (C=O) groups is 1. The molecular weight excluding hydrogens is 421 g/mol. The van der Waals surface area contributed by atoms with Crippen LogP contribution in [0, 0.1) is 5.82 Å². The fraction of sp³-hybridized carbons (Fsp3) is 0.280. The van der Waals surface area contributed by atoms with E-state index in [0.29, 0.717) is 24.7 Å². The molecule has 2 aromatic carbocycles. The number of carbonyl (C=O) groups excluding carboxylic acids is 1. The monoisotopic (exact) mass is 449 g/mol. The predicted octanol–water partition coefficient (Wildman–Crippen LogP) is 4.15. The molecule has 8 heteroatoms. The van der Waals surface area contributed by atoms with Gasteiger partial charge >= 0.3 is 0 Å². The van der Waals surface area contributed by atoms with Gasteiger partial charge in [-0.2, -0.15) is 0 Å². The highest BCUT2D eigenvalue weighted by atomic mass is 19.1. The molecule has 4 N–H and O–H groups in total. The van der Waals surface area contributed by atoms with Crippen molar-refractivity contribution in [3.63, 3.8) is 0 Å². The van der Waals surface area contributed by atoms with Crippen LogP contribution in [0.25, 0.3) is 0 Å². The van der Waals surface area contributed by atoms with Gasteiger partial charge in [-0.25, -0.2) is 9.37 Å². The van der Waals surface area contributed by atoms with Gasteiger partial charge in [-0.05, 0) is 55.8 Å². The average molecular weight is 450 g/mol. The summed E-state index contributed by atoms with van der Waals surface area (Å²) in [5, 5.41) is 6.39. The number of nitrogens with two attached hydrogens (primary N) is 1. The fourth-order valence-electron chi connectivity index (χ4n) is 3.82. The molecule has 0 unspecified atom stereocenters. The molecule has 4 rings (SSSR count). The van der Waals surface area contributed by atoms with Crippen LogP contribution in [0.3, 0.4) is 0 Å². The molecule has 172 valence electrons. The maximum atomic E-state index is 13.5. The molecule has 1 aliphatic rings. The SMILES string of the molecule is NC(=O)c1cnc(Nc2cccc(OCCN3CCCC3)c2)cc1NCc1cccc(F)c1. The van der Waals surface area contributed by atoms with Crippen molar-refractivity contribution in [3.8, 4) is 5.75 Å². The minimum absolute atomic E-state index is 0.260. The highest BCUT2D eigenvalue weighted by molar-refractivity contribution is 5.98. The summed E-state index contributed by atoms with van der Waals surface area (Å²) in [4.78, 5) is 18.6. The standard InChI is InChI=1S/C25H28FN5O2/c26-19-6-3-5-18(13-19)16-28-23-15-24(29-17-22(23)25(27)32)30-20-7-4-8-21(14-20)33-12-11-31-9-1-2-10-31/h3-8,13-15,17H,1-2,9-12,16H2,(H2,27,32)(H2,28,29,30). The molecule has 1 aromatic heterocycles. The topological polar surface area (TPSA) is 92.5 Å². The number of rotatable bonds is 10. The quantitative estimate of drug-likeness (QED) is 0.431. The van der Waals surface area contributed by atoms with Crippen molar-refractivity contribution in [3.05, 3.63) is 77.7 Å². The van der Waals surface area contributed by atoms with Crippen LogP contribution in [-0.4, -0.2) is 42.0 Å². The molecule has 2 heterocycles. The number of aromatic nitrogens is 1. The van der Waals surface area contributed by atoms with Crippen LogP contribution in [0.1, 0.15) is 28.8 Å². The Morgan fingerprint density at radius 3 is 2.73 bits per heavy atom. The zero-order chi connectivity index (χ0) is 23.0. The molecule has 0 spiro atoms. The molecule has 1 amide bonds. The molecular formula is C25H28FN5O2. The van der Waals surface area contributed by atoms with Gasteiger partial charge in [0.25, 0.3) is 5.91 Å². The third-order valence-electron chi connectivity index (χ3n) is 5.52. The van der Waals surface area contributed by atoms with Crippen molar-refractivity contribution in [2.24, 2.45) is 5.73 Å². The Morgan fingerprint density at radius 1 is 1.12 bits per heavy atom. The maximum Gasteiger partial charge on any atom is 0.252 e. The number of likely N-dealkylation sites (tertiary alicyclic amines) is 1. The molecule has 0 aliphatic carbocycles. The van der Waals surface area contributed by atoms with Crippen molar-refractivity contribution in [1.82, 2.24) is 9.88 Å². The first-order chi connectivity index (χ1) is 16.1.